The van der Waals surface area contributed by atoms with Gasteiger partial charge in [-0.2, -0.15) is 0 Å². The van der Waals surface area contributed by atoms with Gasteiger partial charge in [0.15, 0.2) is 0 Å². The molecular weight excluding hydrogens is 218 g/mol. The minimum atomic E-state index is -0.363. The molecule has 0 saturated heterocycles. The fraction of sp³-hybridized carbons (Fsp3) is 0.308. The molecule has 0 unspecified atom stereocenters. The first-order valence-electron chi connectivity index (χ1n) is 5.47. The van der Waals surface area contributed by atoms with Gasteiger partial charge in [0.2, 0.25) is 0 Å². The summed E-state index contributed by atoms with van der Waals surface area (Å²) in [6.45, 7) is 2.07. The molecule has 4 nitrogen and oxygen atoms in total. The van der Waals surface area contributed by atoms with Crippen LogP contribution in [0.15, 0.2) is 18.2 Å². The van der Waals surface area contributed by atoms with E-state index in [1.165, 1.54) is 7.11 Å². The van der Waals surface area contributed by atoms with Crippen molar-refractivity contribution >= 4 is 16.9 Å². The SMILES string of the molecule is CCc1cc2c(OC)cc(C(=O)OC)cc2[nH]1. The van der Waals surface area contributed by atoms with Crippen LogP contribution >= 0.6 is 0 Å². The number of nitrogens with one attached hydrogen (secondary N) is 1. The molecule has 0 bridgehead atoms. The first-order valence-corrected chi connectivity index (χ1v) is 5.47. The fourth-order valence-electron chi connectivity index (χ4n) is 1.86. The molecule has 0 radical (unpaired) electrons. The van der Waals surface area contributed by atoms with E-state index in [0.717, 1.165) is 23.0 Å². The summed E-state index contributed by atoms with van der Waals surface area (Å²) in [5, 5.41) is 0.983. The predicted octanol–water partition coefficient (Wildman–Crippen LogP) is 2.53. The van der Waals surface area contributed by atoms with Crippen LogP contribution in [0.5, 0.6) is 5.75 Å². The minimum Gasteiger partial charge on any atom is -0.496 e. The van der Waals surface area contributed by atoms with Crippen molar-refractivity contribution in [3.63, 3.8) is 0 Å². The van der Waals surface area contributed by atoms with Crippen LogP contribution in [0.3, 0.4) is 0 Å². The van der Waals surface area contributed by atoms with E-state index in [1.54, 1.807) is 19.2 Å². The largest absolute Gasteiger partial charge is 0.496 e. The maximum absolute atomic E-state index is 11.5. The Morgan fingerprint density at radius 3 is 2.65 bits per heavy atom. The first-order chi connectivity index (χ1) is 8.19. The summed E-state index contributed by atoms with van der Waals surface area (Å²) < 4.78 is 10.0. The Labute approximate surface area is 99.5 Å². The summed E-state index contributed by atoms with van der Waals surface area (Å²) >= 11 is 0. The third kappa shape index (κ3) is 1.98. The number of esters is 1. The van der Waals surface area contributed by atoms with E-state index in [2.05, 4.69) is 11.9 Å². The molecule has 0 atom stereocenters. The Bertz CT molecular complexity index is 557. The van der Waals surface area contributed by atoms with E-state index >= 15 is 0 Å². The van der Waals surface area contributed by atoms with Crippen molar-refractivity contribution in [2.75, 3.05) is 14.2 Å². The van der Waals surface area contributed by atoms with Crippen molar-refractivity contribution < 1.29 is 14.3 Å². The van der Waals surface area contributed by atoms with Gasteiger partial charge in [0.25, 0.3) is 0 Å². The number of carbonyl (C=O) groups excluding carboxylic acids is 1. The number of carbonyl (C=O) groups is 1. The Morgan fingerprint density at radius 1 is 1.29 bits per heavy atom. The number of H-pyrrole nitrogens is 1. The average molecular weight is 233 g/mol. The summed E-state index contributed by atoms with van der Waals surface area (Å²) in [5.41, 5.74) is 2.49. The lowest BCUT2D eigenvalue weighted by Gasteiger charge is -2.04. The highest BCUT2D eigenvalue weighted by Crippen LogP contribution is 2.28. The molecule has 1 N–H and O–H groups in total. The molecule has 1 heterocycles. The summed E-state index contributed by atoms with van der Waals surface area (Å²) in [6.07, 6.45) is 0.908. The number of hydrogen-bond donors (Lipinski definition) is 1. The number of aromatic amines is 1. The Hall–Kier alpha value is -1.97. The number of benzene rings is 1. The van der Waals surface area contributed by atoms with E-state index in [1.807, 2.05) is 6.07 Å². The highest BCUT2D eigenvalue weighted by Gasteiger charge is 2.12. The van der Waals surface area contributed by atoms with Gasteiger partial charge in [-0.3, -0.25) is 0 Å². The van der Waals surface area contributed by atoms with Crippen LogP contribution in [-0.4, -0.2) is 25.2 Å². The summed E-state index contributed by atoms with van der Waals surface area (Å²) in [7, 11) is 2.96. The standard InChI is InChI=1S/C13H15NO3/c1-4-9-7-10-11(14-9)5-8(13(15)17-3)6-12(10)16-2/h5-7,14H,4H2,1-3H3. The molecule has 0 amide bonds. The summed E-state index contributed by atoms with van der Waals surface area (Å²) in [4.78, 5) is 14.8. The molecule has 0 aliphatic rings. The highest BCUT2D eigenvalue weighted by atomic mass is 16.5. The second-order valence-corrected chi connectivity index (χ2v) is 3.78. The smallest absolute Gasteiger partial charge is 0.338 e. The number of methoxy groups -OCH3 is 2. The lowest BCUT2D eigenvalue weighted by Crippen LogP contribution is -2.01. The van der Waals surface area contributed by atoms with Gasteiger partial charge in [0.05, 0.1) is 25.3 Å². The minimum absolute atomic E-state index is 0.363. The van der Waals surface area contributed by atoms with Crippen molar-refractivity contribution in [3.05, 3.63) is 29.5 Å². The molecular formula is C13H15NO3. The van der Waals surface area contributed by atoms with Gasteiger partial charge in [0.1, 0.15) is 5.75 Å². The second-order valence-electron chi connectivity index (χ2n) is 3.78. The molecule has 0 spiro atoms. The molecule has 0 aliphatic carbocycles. The topological polar surface area (TPSA) is 51.3 Å². The molecule has 0 aliphatic heterocycles. The number of rotatable bonds is 3. The zero-order valence-electron chi connectivity index (χ0n) is 10.2. The van der Waals surface area contributed by atoms with E-state index in [9.17, 15) is 4.79 Å². The Morgan fingerprint density at radius 2 is 2.06 bits per heavy atom. The van der Waals surface area contributed by atoms with Crippen LogP contribution in [-0.2, 0) is 11.2 Å². The number of hydrogen-bond acceptors (Lipinski definition) is 3. The molecule has 0 saturated carbocycles. The Kier molecular flexibility index (Phi) is 3.04. The van der Waals surface area contributed by atoms with Gasteiger partial charge >= 0.3 is 5.97 Å². The monoisotopic (exact) mass is 233 g/mol. The molecule has 17 heavy (non-hydrogen) atoms. The van der Waals surface area contributed by atoms with E-state index < -0.39 is 0 Å². The van der Waals surface area contributed by atoms with Crippen LogP contribution < -0.4 is 4.74 Å². The molecule has 0 fully saturated rings. The highest BCUT2D eigenvalue weighted by molar-refractivity contribution is 5.97. The van der Waals surface area contributed by atoms with Crippen molar-refractivity contribution in [2.45, 2.75) is 13.3 Å². The molecule has 4 heteroatoms. The maximum Gasteiger partial charge on any atom is 0.338 e. The maximum atomic E-state index is 11.5. The normalized spacial score (nSPS) is 10.5. The molecule has 2 aromatic rings. The van der Waals surface area contributed by atoms with Crippen molar-refractivity contribution in [2.24, 2.45) is 0 Å². The quantitative estimate of drug-likeness (QED) is 0.829. The van der Waals surface area contributed by atoms with Crippen LogP contribution in [0.4, 0.5) is 0 Å². The molecule has 1 aromatic carbocycles. The lowest BCUT2D eigenvalue weighted by atomic mass is 10.1. The van der Waals surface area contributed by atoms with Gasteiger partial charge in [-0.15, -0.1) is 0 Å². The lowest BCUT2D eigenvalue weighted by molar-refractivity contribution is 0.0600. The molecule has 2 rings (SSSR count). The van der Waals surface area contributed by atoms with E-state index in [0.29, 0.717) is 11.3 Å². The summed E-state index contributed by atoms with van der Waals surface area (Å²) in [5.74, 6) is 0.316. The van der Waals surface area contributed by atoms with Crippen LogP contribution in [0.25, 0.3) is 10.9 Å². The number of aromatic nitrogens is 1. The zero-order chi connectivity index (χ0) is 12.4. The van der Waals surface area contributed by atoms with E-state index in [-0.39, 0.29) is 5.97 Å². The number of ether oxygens (including phenoxy) is 2. The van der Waals surface area contributed by atoms with Gasteiger partial charge < -0.3 is 14.5 Å². The summed E-state index contributed by atoms with van der Waals surface area (Å²) in [6, 6.07) is 5.51. The van der Waals surface area contributed by atoms with E-state index in [4.69, 9.17) is 9.47 Å². The van der Waals surface area contributed by atoms with Crippen LogP contribution in [0.1, 0.15) is 23.0 Å². The van der Waals surface area contributed by atoms with Crippen molar-refractivity contribution in [3.8, 4) is 5.75 Å². The van der Waals surface area contributed by atoms with Crippen LogP contribution in [0.2, 0.25) is 0 Å². The predicted molar refractivity (Wildman–Crippen MR) is 65.6 cm³/mol. The van der Waals surface area contributed by atoms with Gasteiger partial charge in [0, 0.05) is 11.1 Å². The average Bonchev–Trinajstić information content (AvgIpc) is 2.79. The number of aryl methyl sites for hydroxylation is 1. The van der Waals surface area contributed by atoms with Gasteiger partial charge in [-0.25, -0.2) is 4.79 Å². The Balaban J connectivity index is 2.64. The van der Waals surface area contributed by atoms with Crippen molar-refractivity contribution in [1.82, 2.24) is 4.98 Å². The molecule has 90 valence electrons. The third-order valence-corrected chi connectivity index (χ3v) is 2.78. The van der Waals surface area contributed by atoms with Crippen LogP contribution in [0, 0.1) is 0 Å². The molecule has 1 aromatic heterocycles. The van der Waals surface area contributed by atoms with Crippen molar-refractivity contribution in [1.29, 1.82) is 0 Å². The van der Waals surface area contributed by atoms with Gasteiger partial charge in [-0.1, -0.05) is 6.92 Å². The number of fused-ring (bicyclic) bond motifs is 1. The van der Waals surface area contributed by atoms with Gasteiger partial charge in [-0.05, 0) is 24.6 Å². The zero-order valence-corrected chi connectivity index (χ0v) is 10.2. The second kappa shape index (κ2) is 4.49. The third-order valence-electron chi connectivity index (χ3n) is 2.78. The fourth-order valence-corrected chi connectivity index (χ4v) is 1.86. The first kappa shape index (κ1) is 11.5.